The van der Waals surface area contributed by atoms with Crippen LogP contribution < -0.4 is 15.4 Å². The Bertz CT molecular complexity index is 716. The lowest BCUT2D eigenvalue weighted by Gasteiger charge is -2.19. The zero-order valence-corrected chi connectivity index (χ0v) is 13.8. The van der Waals surface area contributed by atoms with Crippen molar-refractivity contribution in [3.05, 3.63) is 53.7 Å². The van der Waals surface area contributed by atoms with E-state index >= 15 is 0 Å². The van der Waals surface area contributed by atoms with Crippen molar-refractivity contribution < 1.29 is 17.9 Å². The van der Waals surface area contributed by atoms with Crippen molar-refractivity contribution in [3.63, 3.8) is 0 Å². The van der Waals surface area contributed by atoms with Crippen molar-refractivity contribution in [1.82, 2.24) is 4.98 Å². The van der Waals surface area contributed by atoms with Crippen molar-refractivity contribution in [3.8, 4) is 5.75 Å². The molecule has 1 aromatic heterocycles. The summed E-state index contributed by atoms with van der Waals surface area (Å²) in [4.78, 5) is 5.55. The highest BCUT2D eigenvalue weighted by Crippen LogP contribution is 2.30. The summed E-state index contributed by atoms with van der Waals surface area (Å²) in [6.45, 7) is 3.02. The minimum atomic E-state index is -4.44. The molecule has 1 unspecified atom stereocenters. The number of benzene rings is 1. The SMILES string of the molecule is C[C@H](N)c1ccc(OC2CCN(c3cccc(C(F)(F)F)n3)C2)cc1. The van der Waals surface area contributed by atoms with Gasteiger partial charge in [-0.15, -0.1) is 0 Å². The molecule has 7 heteroatoms. The van der Waals surface area contributed by atoms with Gasteiger partial charge in [0.15, 0.2) is 0 Å². The summed E-state index contributed by atoms with van der Waals surface area (Å²) < 4.78 is 44.3. The predicted molar refractivity (Wildman–Crippen MR) is 89.5 cm³/mol. The van der Waals surface area contributed by atoms with Gasteiger partial charge in [-0.25, -0.2) is 4.98 Å². The zero-order chi connectivity index (χ0) is 18.0. The molecule has 0 radical (unpaired) electrons. The third-order valence-corrected chi connectivity index (χ3v) is 4.20. The van der Waals surface area contributed by atoms with Crippen LogP contribution in [0.3, 0.4) is 0 Å². The summed E-state index contributed by atoms with van der Waals surface area (Å²) >= 11 is 0. The first-order valence-electron chi connectivity index (χ1n) is 8.14. The monoisotopic (exact) mass is 351 g/mol. The number of nitrogens with zero attached hydrogens (tertiary/aromatic N) is 2. The predicted octanol–water partition coefficient (Wildman–Crippen LogP) is 3.78. The second kappa shape index (κ2) is 6.92. The van der Waals surface area contributed by atoms with Gasteiger partial charge in [0.25, 0.3) is 0 Å². The van der Waals surface area contributed by atoms with Crippen LogP contribution in [0.15, 0.2) is 42.5 Å². The lowest BCUT2D eigenvalue weighted by atomic mass is 10.1. The molecular weight excluding hydrogens is 331 g/mol. The van der Waals surface area contributed by atoms with E-state index < -0.39 is 11.9 Å². The standard InChI is InChI=1S/C18H20F3N3O/c1-12(22)13-5-7-14(8-6-13)25-15-9-10-24(11-15)17-4-2-3-16(23-17)18(19,20)21/h2-8,12,15H,9-11,22H2,1H3/t12-,15?/m0/s1. The Morgan fingerprint density at radius 1 is 1.20 bits per heavy atom. The van der Waals surface area contributed by atoms with Crippen LogP contribution in [0.5, 0.6) is 5.75 Å². The van der Waals surface area contributed by atoms with E-state index in [1.807, 2.05) is 36.1 Å². The van der Waals surface area contributed by atoms with Gasteiger partial charge in [-0.2, -0.15) is 13.2 Å². The van der Waals surface area contributed by atoms with Gasteiger partial charge in [-0.05, 0) is 36.8 Å². The maximum Gasteiger partial charge on any atom is 0.433 e. The fourth-order valence-corrected chi connectivity index (χ4v) is 2.83. The van der Waals surface area contributed by atoms with E-state index in [1.165, 1.54) is 6.07 Å². The minimum absolute atomic E-state index is 0.0389. The Labute approximate surface area is 144 Å². The van der Waals surface area contributed by atoms with Gasteiger partial charge in [0.05, 0.1) is 6.54 Å². The number of halogens is 3. The molecule has 2 atom stereocenters. The van der Waals surface area contributed by atoms with Crippen molar-refractivity contribution in [2.45, 2.75) is 31.7 Å². The molecular formula is C18H20F3N3O. The third-order valence-electron chi connectivity index (χ3n) is 4.20. The number of aromatic nitrogens is 1. The lowest BCUT2D eigenvalue weighted by Crippen LogP contribution is -2.25. The van der Waals surface area contributed by atoms with Gasteiger partial charge < -0.3 is 15.4 Å². The molecule has 2 aromatic rings. The second-order valence-electron chi connectivity index (χ2n) is 6.21. The van der Waals surface area contributed by atoms with Gasteiger partial charge in [0.1, 0.15) is 23.4 Å². The molecule has 4 nitrogen and oxygen atoms in total. The Morgan fingerprint density at radius 2 is 1.92 bits per heavy atom. The van der Waals surface area contributed by atoms with Gasteiger partial charge >= 0.3 is 6.18 Å². The molecule has 134 valence electrons. The average Bonchev–Trinajstić information content (AvgIpc) is 3.03. The molecule has 1 saturated heterocycles. The van der Waals surface area contributed by atoms with Crippen LogP contribution in [0.1, 0.15) is 30.6 Å². The highest BCUT2D eigenvalue weighted by molar-refractivity contribution is 5.41. The Morgan fingerprint density at radius 3 is 2.56 bits per heavy atom. The van der Waals surface area contributed by atoms with Crippen molar-refractivity contribution in [2.24, 2.45) is 5.73 Å². The lowest BCUT2D eigenvalue weighted by molar-refractivity contribution is -0.141. The molecule has 1 aliphatic heterocycles. The summed E-state index contributed by atoms with van der Waals surface area (Å²) in [5.41, 5.74) is 5.97. The molecule has 1 fully saturated rings. The zero-order valence-electron chi connectivity index (χ0n) is 13.8. The minimum Gasteiger partial charge on any atom is -0.489 e. The Kier molecular flexibility index (Phi) is 4.85. The highest BCUT2D eigenvalue weighted by Gasteiger charge is 2.33. The van der Waals surface area contributed by atoms with E-state index in [2.05, 4.69) is 4.98 Å². The third kappa shape index (κ3) is 4.22. The van der Waals surface area contributed by atoms with Crippen LogP contribution >= 0.6 is 0 Å². The summed E-state index contributed by atoms with van der Waals surface area (Å²) in [7, 11) is 0. The number of pyridine rings is 1. The van der Waals surface area contributed by atoms with Gasteiger partial charge in [0.2, 0.25) is 0 Å². The Hall–Kier alpha value is -2.28. The van der Waals surface area contributed by atoms with Gasteiger partial charge in [-0.1, -0.05) is 18.2 Å². The topological polar surface area (TPSA) is 51.4 Å². The summed E-state index contributed by atoms with van der Waals surface area (Å²) in [5, 5.41) is 0. The molecule has 1 aliphatic rings. The number of nitrogens with two attached hydrogens (primary N) is 1. The normalized spacial score (nSPS) is 19.1. The molecule has 1 aromatic carbocycles. The number of ether oxygens (including phenoxy) is 1. The summed E-state index contributed by atoms with van der Waals surface area (Å²) in [5.74, 6) is 1.06. The number of hydrogen-bond acceptors (Lipinski definition) is 4. The van der Waals surface area contributed by atoms with Crippen LogP contribution in [-0.2, 0) is 6.18 Å². The van der Waals surface area contributed by atoms with E-state index in [4.69, 9.17) is 10.5 Å². The highest BCUT2D eigenvalue weighted by atomic mass is 19.4. The van der Waals surface area contributed by atoms with Crippen LogP contribution in [-0.4, -0.2) is 24.2 Å². The molecule has 0 saturated carbocycles. The van der Waals surface area contributed by atoms with Crippen LogP contribution in [0.2, 0.25) is 0 Å². The molecule has 2 N–H and O–H groups in total. The van der Waals surface area contributed by atoms with Crippen LogP contribution in [0.25, 0.3) is 0 Å². The van der Waals surface area contributed by atoms with Gasteiger partial charge in [0, 0.05) is 19.0 Å². The average molecular weight is 351 g/mol. The first-order chi connectivity index (χ1) is 11.8. The van der Waals surface area contributed by atoms with E-state index in [0.717, 1.165) is 23.8 Å². The first-order valence-corrected chi connectivity index (χ1v) is 8.14. The molecule has 0 bridgehead atoms. The van der Waals surface area contributed by atoms with Crippen molar-refractivity contribution in [2.75, 3.05) is 18.0 Å². The maximum atomic E-state index is 12.8. The quantitative estimate of drug-likeness (QED) is 0.911. The first kappa shape index (κ1) is 17.5. The van der Waals surface area contributed by atoms with Crippen LogP contribution in [0, 0.1) is 0 Å². The molecule has 0 aliphatic carbocycles. The second-order valence-corrected chi connectivity index (χ2v) is 6.21. The molecule has 0 spiro atoms. The van der Waals surface area contributed by atoms with E-state index in [-0.39, 0.29) is 12.1 Å². The fourth-order valence-electron chi connectivity index (χ4n) is 2.83. The summed E-state index contributed by atoms with van der Waals surface area (Å²) in [6, 6.07) is 11.5. The number of alkyl halides is 3. The van der Waals surface area contributed by atoms with Crippen molar-refractivity contribution >= 4 is 5.82 Å². The molecule has 3 rings (SSSR count). The number of anilines is 1. The van der Waals surface area contributed by atoms with E-state index in [9.17, 15) is 13.2 Å². The summed E-state index contributed by atoms with van der Waals surface area (Å²) in [6.07, 6.45) is -3.79. The van der Waals surface area contributed by atoms with Gasteiger partial charge in [-0.3, -0.25) is 0 Å². The Balaban J connectivity index is 1.64. The fraction of sp³-hybridized carbons (Fsp3) is 0.389. The largest absolute Gasteiger partial charge is 0.489 e. The number of hydrogen-bond donors (Lipinski definition) is 1. The van der Waals surface area contributed by atoms with E-state index in [1.54, 1.807) is 6.07 Å². The molecule has 25 heavy (non-hydrogen) atoms. The molecule has 2 heterocycles. The number of rotatable bonds is 4. The van der Waals surface area contributed by atoms with Crippen molar-refractivity contribution in [1.29, 1.82) is 0 Å². The molecule has 0 amide bonds. The maximum absolute atomic E-state index is 12.8. The smallest absolute Gasteiger partial charge is 0.433 e. The van der Waals surface area contributed by atoms with Crippen LogP contribution in [0.4, 0.5) is 19.0 Å². The van der Waals surface area contributed by atoms with E-state index in [0.29, 0.717) is 18.9 Å².